The number of aromatic nitrogens is 1. The van der Waals surface area contributed by atoms with Gasteiger partial charge in [-0.05, 0) is 54.7 Å². The van der Waals surface area contributed by atoms with Crippen LogP contribution < -0.4 is 4.72 Å². The fourth-order valence-corrected chi connectivity index (χ4v) is 5.27. The number of rotatable bonds is 3. The molecule has 26 heavy (non-hydrogen) atoms. The molecule has 0 aliphatic carbocycles. The van der Waals surface area contributed by atoms with Crippen molar-refractivity contribution in [1.82, 2.24) is 4.98 Å². The van der Waals surface area contributed by atoms with E-state index in [0.29, 0.717) is 27.7 Å². The molecule has 0 bridgehead atoms. The predicted octanol–water partition coefficient (Wildman–Crippen LogP) is 5.57. The smallest absolute Gasteiger partial charge is 0.262 e. The number of anilines is 1. The number of halogens is 1. The minimum atomic E-state index is -3.65. The van der Waals surface area contributed by atoms with Gasteiger partial charge in [0, 0.05) is 22.7 Å². The first-order valence-corrected chi connectivity index (χ1v) is 10.6. The summed E-state index contributed by atoms with van der Waals surface area (Å²) in [4.78, 5) is 4.66. The Morgan fingerprint density at radius 2 is 1.88 bits per heavy atom. The molecule has 1 N–H and O–H groups in total. The molecule has 1 aliphatic rings. The summed E-state index contributed by atoms with van der Waals surface area (Å²) >= 11 is 6.47. The Morgan fingerprint density at radius 3 is 2.62 bits per heavy atom. The summed E-state index contributed by atoms with van der Waals surface area (Å²) < 4.78 is 28.3. The quantitative estimate of drug-likeness (QED) is 0.639. The molecule has 4 rings (SSSR count). The second-order valence-corrected chi connectivity index (χ2v) is 8.61. The Balaban J connectivity index is 2.06. The van der Waals surface area contributed by atoms with E-state index in [0.717, 1.165) is 29.4 Å². The molecule has 2 aromatic carbocycles. The topological polar surface area (TPSA) is 59.1 Å². The lowest BCUT2D eigenvalue weighted by Crippen LogP contribution is -2.19. The minimum absolute atomic E-state index is 0.283. The maximum Gasteiger partial charge on any atom is 0.262 e. The number of benzene rings is 2. The SMILES string of the molecule is CCC(CC)c1ccc2c(c1)-c1cc(Cl)c3cccnc3c1NS2(=O)=O. The Hall–Kier alpha value is -2.11. The van der Waals surface area contributed by atoms with Crippen LogP contribution in [0.4, 0.5) is 5.69 Å². The molecular formula is C20H19ClN2O2S. The third-order valence-corrected chi connectivity index (χ3v) is 6.84. The zero-order valence-corrected chi connectivity index (χ0v) is 16.2. The van der Waals surface area contributed by atoms with Crippen molar-refractivity contribution in [3.63, 3.8) is 0 Å². The van der Waals surface area contributed by atoms with Crippen molar-refractivity contribution >= 4 is 38.2 Å². The van der Waals surface area contributed by atoms with E-state index in [4.69, 9.17) is 11.6 Å². The molecule has 0 saturated carbocycles. The highest BCUT2D eigenvalue weighted by molar-refractivity contribution is 7.93. The van der Waals surface area contributed by atoms with Crippen molar-refractivity contribution in [1.29, 1.82) is 0 Å². The van der Waals surface area contributed by atoms with Gasteiger partial charge >= 0.3 is 0 Å². The first-order chi connectivity index (χ1) is 12.5. The van der Waals surface area contributed by atoms with Crippen LogP contribution in [0.5, 0.6) is 0 Å². The second-order valence-electron chi connectivity index (χ2n) is 6.56. The monoisotopic (exact) mass is 386 g/mol. The molecule has 134 valence electrons. The van der Waals surface area contributed by atoms with Crippen molar-refractivity contribution in [3.8, 4) is 11.1 Å². The van der Waals surface area contributed by atoms with Crippen LogP contribution in [0, 0.1) is 0 Å². The van der Waals surface area contributed by atoms with Gasteiger partial charge in [0.2, 0.25) is 0 Å². The summed E-state index contributed by atoms with van der Waals surface area (Å²) in [5, 5.41) is 1.29. The van der Waals surface area contributed by atoms with E-state index in [-0.39, 0.29) is 4.90 Å². The number of sulfonamides is 1. The van der Waals surface area contributed by atoms with E-state index in [1.165, 1.54) is 0 Å². The van der Waals surface area contributed by atoms with E-state index in [9.17, 15) is 8.42 Å². The summed E-state index contributed by atoms with van der Waals surface area (Å²) in [5.41, 5.74) is 3.68. The number of fused-ring (bicyclic) bond motifs is 5. The summed E-state index contributed by atoms with van der Waals surface area (Å²) in [7, 11) is -3.65. The molecule has 0 atom stereocenters. The van der Waals surface area contributed by atoms with Crippen molar-refractivity contribution in [3.05, 3.63) is 53.2 Å². The van der Waals surface area contributed by atoms with Crippen LogP contribution in [-0.4, -0.2) is 13.4 Å². The average molecular weight is 387 g/mol. The molecule has 0 spiro atoms. The van der Waals surface area contributed by atoms with Gasteiger partial charge in [0.15, 0.2) is 0 Å². The molecule has 0 amide bonds. The van der Waals surface area contributed by atoms with Crippen LogP contribution in [0.15, 0.2) is 47.5 Å². The van der Waals surface area contributed by atoms with Gasteiger partial charge in [-0.25, -0.2) is 8.42 Å². The van der Waals surface area contributed by atoms with Crippen LogP contribution >= 0.6 is 11.6 Å². The number of pyridine rings is 1. The van der Waals surface area contributed by atoms with Gasteiger partial charge in [-0.3, -0.25) is 9.71 Å². The van der Waals surface area contributed by atoms with Crippen LogP contribution in [0.2, 0.25) is 5.02 Å². The Labute approximate surface area is 158 Å². The highest BCUT2D eigenvalue weighted by Gasteiger charge is 2.30. The van der Waals surface area contributed by atoms with Crippen molar-refractivity contribution < 1.29 is 8.42 Å². The lowest BCUT2D eigenvalue weighted by Gasteiger charge is -2.25. The van der Waals surface area contributed by atoms with Gasteiger partial charge in [0.05, 0.1) is 21.1 Å². The van der Waals surface area contributed by atoms with Crippen LogP contribution in [0.1, 0.15) is 38.2 Å². The number of hydrogen-bond donors (Lipinski definition) is 1. The average Bonchev–Trinajstić information content (AvgIpc) is 2.64. The fourth-order valence-electron chi connectivity index (χ4n) is 3.71. The predicted molar refractivity (Wildman–Crippen MR) is 106 cm³/mol. The van der Waals surface area contributed by atoms with E-state index in [2.05, 4.69) is 23.6 Å². The maximum absolute atomic E-state index is 12.8. The maximum atomic E-state index is 12.8. The molecule has 2 heterocycles. The molecule has 4 nitrogen and oxygen atoms in total. The van der Waals surface area contributed by atoms with Crippen molar-refractivity contribution in [2.75, 3.05) is 4.72 Å². The molecule has 0 fully saturated rings. The lowest BCUT2D eigenvalue weighted by atomic mass is 9.90. The normalized spacial score (nSPS) is 14.8. The Bertz CT molecular complexity index is 1120. The molecule has 0 unspecified atom stereocenters. The summed E-state index contributed by atoms with van der Waals surface area (Å²) in [6.07, 6.45) is 3.66. The Morgan fingerprint density at radius 1 is 1.12 bits per heavy atom. The zero-order chi connectivity index (χ0) is 18.5. The molecule has 1 aliphatic heterocycles. The second kappa shape index (κ2) is 6.25. The van der Waals surface area contributed by atoms with Crippen molar-refractivity contribution in [2.24, 2.45) is 0 Å². The summed E-state index contributed by atoms with van der Waals surface area (Å²) in [6, 6.07) is 11.1. The van der Waals surface area contributed by atoms with E-state index < -0.39 is 10.0 Å². The van der Waals surface area contributed by atoms with Gasteiger partial charge in [-0.1, -0.05) is 31.5 Å². The number of nitrogens with one attached hydrogen (secondary N) is 1. The third kappa shape index (κ3) is 2.58. The van der Waals surface area contributed by atoms with Gasteiger partial charge in [-0.15, -0.1) is 0 Å². The van der Waals surface area contributed by atoms with Crippen LogP contribution in [0.25, 0.3) is 22.0 Å². The van der Waals surface area contributed by atoms with Crippen molar-refractivity contribution in [2.45, 2.75) is 37.5 Å². The van der Waals surface area contributed by atoms with E-state index in [1.54, 1.807) is 18.3 Å². The molecule has 6 heteroatoms. The number of nitrogens with zero attached hydrogens (tertiary/aromatic N) is 1. The van der Waals surface area contributed by atoms with E-state index >= 15 is 0 Å². The summed E-state index contributed by atoms with van der Waals surface area (Å²) in [5.74, 6) is 0.399. The van der Waals surface area contributed by atoms with Gasteiger partial charge < -0.3 is 0 Å². The van der Waals surface area contributed by atoms with Gasteiger partial charge in [-0.2, -0.15) is 0 Å². The molecule has 1 aromatic heterocycles. The van der Waals surface area contributed by atoms with Crippen LogP contribution in [-0.2, 0) is 10.0 Å². The molecule has 3 aromatic rings. The minimum Gasteiger partial charge on any atom is -0.277 e. The molecule has 0 radical (unpaired) electrons. The molecular weight excluding hydrogens is 368 g/mol. The largest absolute Gasteiger partial charge is 0.277 e. The first kappa shape index (κ1) is 17.3. The van der Waals surface area contributed by atoms with E-state index in [1.807, 2.05) is 24.3 Å². The fraction of sp³-hybridized carbons (Fsp3) is 0.250. The van der Waals surface area contributed by atoms with Crippen LogP contribution in [0.3, 0.4) is 0 Å². The number of hydrogen-bond acceptors (Lipinski definition) is 3. The highest BCUT2D eigenvalue weighted by Crippen LogP contribution is 2.45. The van der Waals surface area contributed by atoms with Gasteiger partial charge in [0.25, 0.3) is 10.0 Å². The summed E-state index contributed by atoms with van der Waals surface area (Å²) in [6.45, 7) is 4.29. The highest BCUT2D eigenvalue weighted by atomic mass is 35.5. The molecule has 0 saturated heterocycles. The standard InChI is InChI=1S/C20H19ClN2O2S/c1-3-12(4-2)13-7-8-18-15(10-13)16-11-17(21)14-6-5-9-22-19(14)20(16)23-26(18,24)25/h5-12,23H,3-4H2,1-2H3. The van der Waals surface area contributed by atoms with Gasteiger partial charge in [0.1, 0.15) is 0 Å². The third-order valence-electron chi connectivity index (χ3n) is 5.12. The lowest BCUT2D eigenvalue weighted by molar-refractivity contribution is 0.600. The Kier molecular flexibility index (Phi) is 4.16. The first-order valence-electron chi connectivity index (χ1n) is 8.70. The zero-order valence-electron chi connectivity index (χ0n) is 14.6.